The van der Waals surface area contributed by atoms with E-state index < -0.39 is 12.8 Å². The maximum atomic E-state index is 12.2. The molecule has 0 heterocycles. The van der Waals surface area contributed by atoms with Crippen LogP contribution in [0.5, 0.6) is 5.75 Å². The van der Waals surface area contributed by atoms with Gasteiger partial charge < -0.3 is 10.1 Å². The summed E-state index contributed by atoms with van der Waals surface area (Å²) in [5.41, 5.74) is 1.21. The summed E-state index contributed by atoms with van der Waals surface area (Å²) in [7, 11) is 0. The second kappa shape index (κ2) is 6.71. The molecule has 0 aliphatic heterocycles. The van der Waals surface area contributed by atoms with Crippen LogP contribution in [0.25, 0.3) is 0 Å². The fraction of sp³-hybridized carbons (Fsp3) is 0.125. The Balaban J connectivity index is 2.25. The molecule has 0 bridgehead atoms. The van der Waals surface area contributed by atoms with Gasteiger partial charge in [-0.1, -0.05) is 12.1 Å². The van der Waals surface area contributed by atoms with Crippen molar-refractivity contribution in [3.05, 3.63) is 53.6 Å². The van der Waals surface area contributed by atoms with Crippen molar-refractivity contribution in [2.24, 2.45) is 0 Å². The Morgan fingerprint density at radius 2 is 1.61 bits per heavy atom. The number of para-hydroxylation sites is 1. The second-order valence-corrected chi connectivity index (χ2v) is 4.51. The van der Waals surface area contributed by atoms with E-state index in [9.17, 15) is 13.2 Å². The Morgan fingerprint density at radius 1 is 1.00 bits per heavy atom. The van der Waals surface area contributed by atoms with E-state index in [1.807, 2.05) is 12.1 Å². The average molecular weight is 317 g/mol. The third-order valence-electron chi connectivity index (χ3n) is 2.81. The van der Waals surface area contributed by atoms with Crippen LogP contribution in [0, 0.1) is 22.7 Å². The molecule has 2 aromatic carbocycles. The molecule has 0 unspecified atom stereocenters. The SMILES string of the molecule is N#Cc1cccc(C#N)c1Nc1cccc(OCC(F)(F)F)c1. The molecule has 0 saturated carbocycles. The topological polar surface area (TPSA) is 68.8 Å². The quantitative estimate of drug-likeness (QED) is 0.921. The molecule has 0 aliphatic carbocycles. The van der Waals surface area contributed by atoms with Gasteiger partial charge >= 0.3 is 6.18 Å². The van der Waals surface area contributed by atoms with Crippen LogP contribution in [0.2, 0.25) is 0 Å². The van der Waals surface area contributed by atoms with Crippen LogP contribution in [0.3, 0.4) is 0 Å². The monoisotopic (exact) mass is 317 g/mol. The third-order valence-corrected chi connectivity index (χ3v) is 2.81. The lowest BCUT2D eigenvalue weighted by Gasteiger charge is -2.13. The number of rotatable bonds is 4. The Bertz CT molecular complexity index is 756. The zero-order chi connectivity index (χ0) is 16.9. The molecule has 2 rings (SSSR count). The molecule has 7 heteroatoms. The minimum atomic E-state index is -4.43. The number of nitriles is 2. The van der Waals surface area contributed by atoms with E-state index >= 15 is 0 Å². The summed E-state index contributed by atoms with van der Waals surface area (Å²) in [5, 5.41) is 21.1. The first kappa shape index (κ1) is 16.2. The minimum Gasteiger partial charge on any atom is -0.484 e. The summed E-state index contributed by atoms with van der Waals surface area (Å²) in [6, 6.07) is 14.4. The molecule has 0 fully saturated rings. The molecular weight excluding hydrogens is 307 g/mol. The average Bonchev–Trinajstić information content (AvgIpc) is 2.53. The first-order valence-corrected chi connectivity index (χ1v) is 6.43. The maximum absolute atomic E-state index is 12.2. The van der Waals surface area contributed by atoms with Gasteiger partial charge in [-0.3, -0.25) is 0 Å². The Labute approximate surface area is 130 Å². The lowest BCUT2D eigenvalue weighted by molar-refractivity contribution is -0.153. The van der Waals surface area contributed by atoms with Gasteiger partial charge in [-0.2, -0.15) is 23.7 Å². The maximum Gasteiger partial charge on any atom is 0.422 e. The Kier molecular flexibility index (Phi) is 4.72. The zero-order valence-electron chi connectivity index (χ0n) is 11.7. The van der Waals surface area contributed by atoms with Gasteiger partial charge in [0.25, 0.3) is 0 Å². The number of anilines is 2. The third kappa shape index (κ3) is 4.39. The number of benzene rings is 2. The molecule has 0 amide bonds. The number of ether oxygens (including phenoxy) is 1. The molecule has 2 aromatic rings. The van der Waals surface area contributed by atoms with Crippen LogP contribution in [0.1, 0.15) is 11.1 Å². The van der Waals surface area contributed by atoms with Crippen LogP contribution in [-0.4, -0.2) is 12.8 Å². The highest BCUT2D eigenvalue weighted by molar-refractivity contribution is 5.73. The van der Waals surface area contributed by atoms with E-state index in [0.717, 1.165) is 0 Å². The minimum absolute atomic E-state index is 0.0280. The van der Waals surface area contributed by atoms with Gasteiger partial charge in [-0.25, -0.2) is 0 Å². The number of hydrogen-bond donors (Lipinski definition) is 1. The van der Waals surface area contributed by atoms with Crippen molar-refractivity contribution in [2.75, 3.05) is 11.9 Å². The predicted octanol–water partition coefficient (Wildman–Crippen LogP) is 4.11. The number of hydrogen-bond acceptors (Lipinski definition) is 4. The molecule has 4 nitrogen and oxygen atoms in total. The van der Waals surface area contributed by atoms with Crippen LogP contribution < -0.4 is 10.1 Å². The summed E-state index contributed by atoms with van der Waals surface area (Å²) in [4.78, 5) is 0. The Morgan fingerprint density at radius 3 is 2.17 bits per heavy atom. The van der Waals surface area contributed by atoms with Gasteiger partial charge in [0.1, 0.15) is 17.9 Å². The normalized spacial score (nSPS) is 10.5. The fourth-order valence-electron chi connectivity index (χ4n) is 1.85. The van der Waals surface area contributed by atoms with Gasteiger partial charge in [-0.05, 0) is 24.3 Å². The van der Waals surface area contributed by atoms with E-state index in [-0.39, 0.29) is 16.9 Å². The van der Waals surface area contributed by atoms with Crippen molar-refractivity contribution in [3.8, 4) is 17.9 Å². The molecular formula is C16H10F3N3O. The summed E-state index contributed by atoms with van der Waals surface area (Å²) in [5.74, 6) is 0.0280. The number of halogens is 3. The van der Waals surface area contributed by atoms with Crippen molar-refractivity contribution in [1.29, 1.82) is 10.5 Å². The van der Waals surface area contributed by atoms with Gasteiger partial charge in [0.05, 0.1) is 16.8 Å². The molecule has 116 valence electrons. The number of nitrogens with zero attached hydrogens (tertiary/aromatic N) is 2. The molecule has 23 heavy (non-hydrogen) atoms. The molecule has 0 aromatic heterocycles. The smallest absolute Gasteiger partial charge is 0.422 e. The highest BCUT2D eigenvalue weighted by Gasteiger charge is 2.28. The summed E-state index contributed by atoms with van der Waals surface area (Å²) < 4.78 is 41.2. The summed E-state index contributed by atoms with van der Waals surface area (Å²) in [6.45, 7) is -1.39. The van der Waals surface area contributed by atoms with Gasteiger partial charge in [-0.15, -0.1) is 0 Å². The molecule has 0 saturated heterocycles. The van der Waals surface area contributed by atoms with Crippen LogP contribution in [-0.2, 0) is 0 Å². The number of nitrogens with one attached hydrogen (secondary N) is 1. The molecule has 0 radical (unpaired) electrons. The lowest BCUT2D eigenvalue weighted by Crippen LogP contribution is -2.19. The molecule has 0 aliphatic rings. The summed E-state index contributed by atoms with van der Waals surface area (Å²) >= 11 is 0. The first-order valence-electron chi connectivity index (χ1n) is 6.43. The fourth-order valence-corrected chi connectivity index (χ4v) is 1.85. The van der Waals surface area contributed by atoms with Gasteiger partial charge in [0.15, 0.2) is 6.61 Å². The van der Waals surface area contributed by atoms with Crippen LogP contribution in [0.15, 0.2) is 42.5 Å². The second-order valence-electron chi connectivity index (χ2n) is 4.51. The van der Waals surface area contributed by atoms with E-state index in [1.165, 1.54) is 30.3 Å². The van der Waals surface area contributed by atoms with E-state index in [1.54, 1.807) is 12.1 Å². The first-order chi connectivity index (χ1) is 10.9. The van der Waals surface area contributed by atoms with Crippen molar-refractivity contribution >= 4 is 11.4 Å². The predicted molar refractivity (Wildman–Crippen MR) is 77.1 cm³/mol. The highest BCUT2D eigenvalue weighted by atomic mass is 19.4. The van der Waals surface area contributed by atoms with Crippen LogP contribution >= 0.6 is 0 Å². The van der Waals surface area contributed by atoms with Gasteiger partial charge in [0.2, 0.25) is 0 Å². The van der Waals surface area contributed by atoms with E-state index in [0.29, 0.717) is 11.4 Å². The Hall–Kier alpha value is -3.19. The molecule has 0 spiro atoms. The van der Waals surface area contributed by atoms with E-state index in [2.05, 4.69) is 10.1 Å². The van der Waals surface area contributed by atoms with Crippen molar-refractivity contribution in [1.82, 2.24) is 0 Å². The van der Waals surface area contributed by atoms with Gasteiger partial charge in [0, 0.05) is 11.8 Å². The largest absolute Gasteiger partial charge is 0.484 e. The van der Waals surface area contributed by atoms with E-state index in [4.69, 9.17) is 10.5 Å². The standard InChI is InChI=1S/C16H10F3N3O/c17-16(18,19)10-23-14-6-2-5-13(7-14)22-15-11(8-20)3-1-4-12(15)9-21/h1-7,22H,10H2. The summed E-state index contributed by atoms with van der Waals surface area (Å²) in [6.07, 6.45) is -4.43. The van der Waals surface area contributed by atoms with Crippen molar-refractivity contribution in [2.45, 2.75) is 6.18 Å². The lowest BCUT2D eigenvalue weighted by atomic mass is 10.1. The number of alkyl halides is 3. The molecule has 1 N–H and O–H groups in total. The van der Waals surface area contributed by atoms with Crippen LogP contribution in [0.4, 0.5) is 24.5 Å². The van der Waals surface area contributed by atoms with Crippen molar-refractivity contribution in [3.63, 3.8) is 0 Å². The highest BCUT2D eigenvalue weighted by Crippen LogP contribution is 2.27. The van der Waals surface area contributed by atoms with Crippen molar-refractivity contribution < 1.29 is 17.9 Å². The molecule has 0 atom stereocenters. The zero-order valence-corrected chi connectivity index (χ0v) is 11.7.